The Morgan fingerprint density at radius 3 is 2.85 bits per heavy atom. The van der Waals surface area contributed by atoms with E-state index in [1.54, 1.807) is 12.4 Å². The van der Waals surface area contributed by atoms with Crippen molar-refractivity contribution in [1.82, 2.24) is 9.97 Å². The minimum atomic E-state index is -0.340. The van der Waals surface area contributed by atoms with Gasteiger partial charge in [0.25, 0.3) is 0 Å². The number of imidazole rings is 1. The molecule has 1 rings (SSSR count). The molecule has 0 fully saturated rings. The summed E-state index contributed by atoms with van der Waals surface area (Å²) in [6.07, 6.45) is 4.09. The van der Waals surface area contributed by atoms with Gasteiger partial charge in [-0.3, -0.25) is 10.1 Å². The summed E-state index contributed by atoms with van der Waals surface area (Å²) in [4.78, 5) is 18.3. The first-order chi connectivity index (χ1) is 6.06. The van der Waals surface area contributed by atoms with Gasteiger partial charge in [0, 0.05) is 17.8 Å². The van der Waals surface area contributed by atoms with Gasteiger partial charge in [-0.25, -0.2) is 4.98 Å². The molecule has 1 aromatic rings. The number of carbonyl (C=O) groups excluding carboxylic acids is 1. The van der Waals surface area contributed by atoms with Crippen LogP contribution in [0.1, 0.15) is 27.2 Å². The molecule has 0 aliphatic rings. The van der Waals surface area contributed by atoms with Gasteiger partial charge in [0.15, 0.2) is 0 Å². The molecule has 13 heavy (non-hydrogen) atoms. The van der Waals surface area contributed by atoms with Crippen LogP contribution in [0.4, 0.5) is 5.95 Å². The van der Waals surface area contributed by atoms with Crippen LogP contribution < -0.4 is 5.32 Å². The Hall–Kier alpha value is -1.32. The van der Waals surface area contributed by atoms with E-state index in [1.807, 2.05) is 20.8 Å². The second-order valence-corrected chi connectivity index (χ2v) is 3.63. The summed E-state index contributed by atoms with van der Waals surface area (Å²) in [6.45, 7) is 5.80. The number of aromatic nitrogens is 2. The Kier molecular flexibility index (Phi) is 2.70. The van der Waals surface area contributed by atoms with Gasteiger partial charge in [0.2, 0.25) is 11.9 Å². The van der Waals surface area contributed by atoms with Crippen LogP contribution in [0.3, 0.4) is 0 Å². The summed E-state index contributed by atoms with van der Waals surface area (Å²) in [7, 11) is 0. The lowest BCUT2D eigenvalue weighted by Gasteiger charge is -2.20. The Morgan fingerprint density at radius 1 is 1.69 bits per heavy atom. The maximum absolute atomic E-state index is 11.6. The van der Waals surface area contributed by atoms with E-state index in [-0.39, 0.29) is 11.3 Å². The minimum absolute atomic E-state index is 0.00931. The fourth-order valence-electron chi connectivity index (χ4n) is 0.771. The number of H-pyrrole nitrogens is 1. The summed E-state index contributed by atoms with van der Waals surface area (Å²) in [5.41, 5.74) is -0.340. The maximum Gasteiger partial charge on any atom is 0.232 e. The van der Waals surface area contributed by atoms with Crippen LogP contribution in [-0.4, -0.2) is 15.9 Å². The molecular formula is C9H15N3O. The van der Waals surface area contributed by atoms with E-state index in [9.17, 15) is 4.79 Å². The van der Waals surface area contributed by atoms with Crippen molar-refractivity contribution in [2.75, 3.05) is 5.32 Å². The van der Waals surface area contributed by atoms with Crippen molar-refractivity contribution in [1.29, 1.82) is 0 Å². The van der Waals surface area contributed by atoms with Crippen molar-refractivity contribution in [2.24, 2.45) is 5.41 Å². The zero-order valence-corrected chi connectivity index (χ0v) is 8.22. The number of carbonyl (C=O) groups is 1. The molecule has 2 N–H and O–H groups in total. The molecule has 1 amide bonds. The Balaban J connectivity index is 2.61. The smallest absolute Gasteiger partial charge is 0.232 e. The first kappa shape index (κ1) is 9.77. The van der Waals surface area contributed by atoms with Gasteiger partial charge in [0.1, 0.15) is 0 Å². The summed E-state index contributed by atoms with van der Waals surface area (Å²) in [6, 6.07) is 0. The molecule has 0 aliphatic heterocycles. The molecule has 0 saturated carbocycles. The summed E-state index contributed by atoms with van der Waals surface area (Å²) >= 11 is 0. The third kappa shape index (κ3) is 2.31. The highest BCUT2D eigenvalue weighted by atomic mass is 16.2. The summed E-state index contributed by atoms with van der Waals surface area (Å²) in [5.74, 6) is 0.497. The molecule has 4 heteroatoms. The zero-order chi connectivity index (χ0) is 9.90. The molecule has 1 aromatic heterocycles. The fraction of sp³-hybridized carbons (Fsp3) is 0.556. The Bertz CT molecular complexity index is 277. The first-order valence-electron chi connectivity index (χ1n) is 4.37. The van der Waals surface area contributed by atoms with Gasteiger partial charge in [0.05, 0.1) is 0 Å². The van der Waals surface area contributed by atoms with Crippen molar-refractivity contribution in [3.8, 4) is 0 Å². The third-order valence-electron chi connectivity index (χ3n) is 2.23. The predicted octanol–water partition coefficient (Wildman–Crippen LogP) is 1.78. The fourth-order valence-corrected chi connectivity index (χ4v) is 0.771. The van der Waals surface area contributed by atoms with E-state index in [4.69, 9.17) is 0 Å². The molecule has 1 heterocycles. The van der Waals surface area contributed by atoms with Crippen molar-refractivity contribution in [3.05, 3.63) is 12.4 Å². The third-order valence-corrected chi connectivity index (χ3v) is 2.23. The van der Waals surface area contributed by atoms with Crippen LogP contribution in [0, 0.1) is 5.41 Å². The predicted molar refractivity (Wildman–Crippen MR) is 51.3 cm³/mol. The molecule has 0 aromatic carbocycles. The van der Waals surface area contributed by atoms with E-state index in [0.717, 1.165) is 6.42 Å². The van der Waals surface area contributed by atoms with Crippen LogP contribution in [0.15, 0.2) is 12.4 Å². The number of nitrogens with zero attached hydrogens (tertiary/aromatic N) is 1. The molecule has 0 bridgehead atoms. The molecule has 0 aliphatic carbocycles. The second-order valence-electron chi connectivity index (χ2n) is 3.63. The van der Waals surface area contributed by atoms with Crippen molar-refractivity contribution < 1.29 is 4.79 Å². The van der Waals surface area contributed by atoms with Crippen LogP contribution >= 0.6 is 0 Å². The van der Waals surface area contributed by atoms with Gasteiger partial charge in [-0.2, -0.15) is 0 Å². The molecule has 72 valence electrons. The van der Waals surface area contributed by atoms with Gasteiger partial charge in [-0.15, -0.1) is 0 Å². The van der Waals surface area contributed by atoms with E-state index in [2.05, 4.69) is 15.3 Å². The lowest BCUT2D eigenvalue weighted by atomic mass is 9.89. The quantitative estimate of drug-likeness (QED) is 0.746. The molecule has 0 unspecified atom stereocenters. The summed E-state index contributed by atoms with van der Waals surface area (Å²) in [5, 5.41) is 2.71. The highest BCUT2D eigenvalue weighted by Gasteiger charge is 2.25. The van der Waals surface area contributed by atoms with Crippen molar-refractivity contribution in [2.45, 2.75) is 27.2 Å². The van der Waals surface area contributed by atoms with E-state index < -0.39 is 0 Å². The SMILES string of the molecule is CCC(C)(C)C(=O)Nc1ncc[nH]1. The molecule has 0 atom stereocenters. The van der Waals surface area contributed by atoms with Gasteiger partial charge in [-0.05, 0) is 6.42 Å². The Labute approximate surface area is 77.8 Å². The largest absolute Gasteiger partial charge is 0.331 e. The van der Waals surface area contributed by atoms with Crippen molar-refractivity contribution >= 4 is 11.9 Å². The number of rotatable bonds is 3. The number of nitrogens with one attached hydrogen (secondary N) is 2. The topological polar surface area (TPSA) is 57.8 Å². The van der Waals surface area contributed by atoms with Crippen LogP contribution in [0.25, 0.3) is 0 Å². The molecule has 0 radical (unpaired) electrons. The Morgan fingerprint density at radius 2 is 2.38 bits per heavy atom. The number of aromatic amines is 1. The molecule has 0 spiro atoms. The van der Waals surface area contributed by atoms with Gasteiger partial charge < -0.3 is 4.98 Å². The average molecular weight is 181 g/mol. The number of anilines is 1. The lowest BCUT2D eigenvalue weighted by molar-refractivity contribution is -0.124. The highest BCUT2D eigenvalue weighted by molar-refractivity contribution is 5.93. The van der Waals surface area contributed by atoms with Crippen LogP contribution in [0.2, 0.25) is 0 Å². The van der Waals surface area contributed by atoms with E-state index >= 15 is 0 Å². The number of hydrogen-bond acceptors (Lipinski definition) is 2. The van der Waals surface area contributed by atoms with E-state index in [1.165, 1.54) is 0 Å². The normalized spacial score (nSPS) is 11.3. The first-order valence-corrected chi connectivity index (χ1v) is 4.37. The molecule has 0 saturated heterocycles. The minimum Gasteiger partial charge on any atom is -0.331 e. The zero-order valence-electron chi connectivity index (χ0n) is 8.22. The summed E-state index contributed by atoms with van der Waals surface area (Å²) < 4.78 is 0. The van der Waals surface area contributed by atoms with Crippen LogP contribution in [0.5, 0.6) is 0 Å². The maximum atomic E-state index is 11.6. The second kappa shape index (κ2) is 3.60. The number of amides is 1. The molecule has 4 nitrogen and oxygen atoms in total. The van der Waals surface area contributed by atoms with Crippen molar-refractivity contribution in [3.63, 3.8) is 0 Å². The van der Waals surface area contributed by atoms with Gasteiger partial charge >= 0.3 is 0 Å². The monoisotopic (exact) mass is 181 g/mol. The average Bonchev–Trinajstić information content (AvgIpc) is 2.57. The van der Waals surface area contributed by atoms with E-state index in [0.29, 0.717) is 5.95 Å². The highest BCUT2D eigenvalue weighted by Crippen LogP contribution is 2.20. The van der Waals surface area contributed by atoms with Gasteiger partial charge in [-0.1, -0.05) is 20.8 Å². The molecular weight excluding hydrogens is 166 g/mol. The number of hydrogen-bond donors (Lipinski definition) is 2. The lowest BCUT2D eigenvalue weighted by Crippen LogP contribution is -2.30. The van der Waals surface area contributed by atoms with Crippen LogP contribution in [-0.2, 0) is 4.79 Å². The standard InChI is InChI=1S/C9H15N3O/c1-4-9(2,3)7(13)12-8-10-5-6-11-8/h5-6H,4H2,1-3H3,(H2,10,11,12,13).